The maximum Gasteiger partial charge on any atom is 0.312 e. The summed E-state index contributed by atoms with van der Waals surface area (Å²) in [6.45, 7) is 3.95. The van der Waals surface area contributed by atoms with Crippen molar-refractivity contribution < 1.29 is 22.7 Å². The number of piperidine rings is 1. The van der Waals surface area contributed by atoms with Crippen LogP contribution in [0, 0.1) is 6.92 Å². The molecule has 2 aliphatic heterocycles. The third kappa shape index (κ3) is 4.89. The van der Waals surface area contributed by atoms with Crippen LogP contribution in [-0.2, 0) is 26.2 Å². The Bertz CT molecular complexity index is 1130. The number of rotatable bonds is 6. The highest BCUT2D eigenvalue weighted by Gasteiger charge is 2.39. The van der Waals surface area contributed by atoms with Crippen molar-refractivity contribution in [1.82, 2.24) is 14.1 Å². The molecule has 0 aromatic heterocycles. The number of nitrogens with zero attached hydrogens (tertiary/aromatic N) is 3. The molecule has 0 N–H and O–H groups in total. The molecule has 9 heteroatoms. The fourth-order valence-corrected chi connectivity index (χ4v) is 5.91. The molecule has 33 heavy (non-hydrogen) atoms. The van der Waals surface area contributed by atoms with E-state index < -0.39 is 21.8 Å². The second-order valence-corrected chi connectivity index (χ2v) is 10.5. The van der Waals surface area contributed by atoms with E-state index in [1.807, 2.05) is 31.2 Å². The molecule has 0 spiro atoms. The summed E-state index contributed by atoms with van der Waals surface area (Å²) in [6, 6.07) is 14.2. The second-order valence-electron chi connectivity index (χ2n) is 8.53. The lowest BCUT2D eigenvalue weighted by atomic mass is 10.0. The zero-order valence-electron chi connectivity index (χ0n) is 18.9. The maximum absolute atomic E-state index is 13.0. The minimum Gasteiger partial charge on any atom is -0.497 e. The molecule has 8 nitrogen and oxygen atoms in total. The number of carbonyl (C=O) groups excluding carboxylic acids is 2. The van der Waals surface area contributed by atoms with Crippen LogP contribution in [0.1, 0.15) is 24.0 Å². The predicted octanol–water partition coefficient (Wildman–Crippen LogP) is 2.03. The first-order valence-corrected chi connectivity index (χ1v) is 12.5. The number of benzene rings is 2. The standard InChI is InChI=1S/C24H29N3O5S/c1-18-6-8-19(9-7-18)17-25-14-15-27(24(29)23(25)28)20-10-12-26(13-11-20)33(30,31)22-5-3-4-21(16-22)32-2/h3-9,16,20H,10-15,17H2,1-2H3. The van der Waals surface area contributed by atoms with Gasteiger partial charge in [0.15, 0.2) is 0 Å². The van der Waals surface area contributed by atoms with E-state index >= 15 is 0 Å². The van der Waals surface area contributed by atoms with Gasteiger partial charge >= 0.3 is 11.8 Å². The Labute approximate surface area is 194 Å². The van der Waals surface area contributed by atoms with Crippen molar-refractivity contribution in [3.05, 3.63) is 59.7 Å². The lowest BCUT2D eigenvalue weighted by Gasteiger charge is -2.41. The summed E-state index contributed by atoms with van der Waals surface area (Å²) in [6.07, 6.45) is 1.00. The normalized spacial score (nSPS) is 18.6. The minimum absolute atomic E-state index is 0.139. The van der Waals surface area contributed by atoms with Gasteiger partial charge in [-0.1, -0.05) is 35.9 Å². The third-order valence-corrected chi connectivity index (χ3v) is 8.27. The highest BCUT2D eigenvalue weighted by molar-refractivity contribution is 7.89. The summed E-state index contributed by atoms with van der Waals surface area (Å²) >= 11 is 0. The van der Waals surface area contributed by atoms with E-state index in [0.29, 0.717) is 51.3 Å². The smallest absolute Gasteiger partial charge is 0.312 e. The number of hydrogen-bond acceptors (Lipinski definition) is 5. The number of aryl methyl sites for hydroxylation is 1. The molecule has 0 aliphatic carbocycles. The van der Waals surface area contributed by atoms with E-state index in [4.69, 9.17) is 4.74 Å². The van der Waals surface area contributed by atoms with Crippen LogP contribution < -0.4 is 4.74 Å². The van der Waals surface area contributed by atoms with Gasteiger partial charge in [-0.15, -0.1) is 0 Å². The Morgan fingerprint density at radius 3 is 2.30 bits per heavy atom. The second kappa shape index (κ2) is 9.52. The van der Waals surface area contributed by atoms with Gasteiger partial charge in [-0.3, -0.25) is 9.59 Å². The minimum atomic E-state index is -3.64. The van der Waals surface area contributed by atoms with Gasteiger partial charge in [0.05, 0.1) is 12.0 Å². The van der Waals surface area contributed by atoms with E-state index in [0.717, 1.165) is 11.1 Å². The Morgan fingerprint density at radius 2 is 1.64 bits per heavy atom. The van der Waals surface area contributed by atoms with Crippen LogP contribution in [0.15, 0.2) is 53.4 Å². The average molecular weight is 472 g/mol. The van der Waals surface area contributed by atoms with E-state index in [9.17, 15) is 18.0 Å². The van der Waals surface area contributed by atoms with Gasteiger partial charge < -0.3 is 14.5 Å². The molecule has 2 aromatic rings. The lowest BCUT2D eigenvalue weighted by molar-refractivity contribution is -0.158. The lowest BCUT2D eigenvalue weighted by Crippen LogP contribution is -2.58. The van der Waals surface area contributed by atoms with Crippen LogP contribution in [0.4, 0.5) is 0 Å². The average Bonchev–Trinajstić information content (AvgIpc) is 2.83. The number of ether oxygens (including phenoxy) is 1. The zero-order valence-corrected chi connectivity index (χ0v) is 19.8. The monoisotopic (exact) mass is 471 g/mol. The fraction of sp³-hybridized carbons (Fsp3) is 0.417. The molecule has 0 bridgehead atoms. The third-order valence-electron chi connectivity index (χ3n) is 6.38. The zero-order chi connectivity index (χ0) is 23.6. The van der Waals surface area contributed by atoms with E-state index in [1.54, 1.807) is 28.0 Å². The van der Waals surface area contributed by atoms with Gasteiger partial charge in [-0.05, 0) is 37.5 Å². The van der Waals surface area contributed by atoms with Crippen molar-refractivity contribution in [3.8, 4) is 5.75 Å². The highest BCUT2D eigenvalue weighted by Crippen LogP contribution is 2.26. The van der Waals surface area contributed by atoms with Crippen LogP contribution >= 0.6 is 0 Å². The summed E-state index contributed by atoms with van der Waals surface area (Å²) in [7, 11) is -2.15. The molecule has 0 atom stereocenters. The van der Waals surface area contributed by atoms with E-state index in [2.05, 4.69) is 0 Å². The summed E-state index contributed by atoms with van der Waals surface area (Å²) in [5.74, 6) is -0.505. The van der Waals surface area contributed by atoms with Crippen LogP contribution in [0.25, 0.3) is 0 Å². The van der Waals surface area contributed by atoms with Gasteiger partial charge in [0, 0.05) is 44.8 Å². The number of carbonyl (C=O) groups is 2. The summed E-state index contributed by atoms with van der Waals surface area (Å²) < 4.78 is 32.6. The number of sulfonamides is 1. The van der Waals surface area contributed by atoms with Crippen LogP contribution in [0.2, 0.25) is 0 Å². The molecule has 4 rings (SSSR count). The Kier molecular flexibility index (Phi) is 6.71. The van der Waals surface area contributed by atoms with Crippen molar-refractivity contribution in [3.63, 3.8) is 0 Å². The topological polar surface area (TPSA) is 87.2 Å². The first-order chi connectivity index (χ1) is 15.8. The molecule has 2 amide bonds. The molecule has 0 saturated carbocycles. The molecular weight excluding hydrogens is 442 g/mol. The van der Waals surface area contributed by atoms with Gasteiger partial charge in [0.2, 0.25) is 10.0 Å². The SMILES string of the molecule is COc1cccc(S(=O)(=O)N2CCC(N3CCN(Cc4ccc(C)cc4)C(=O)C3=O)CC2)c1. The molecule has 2 fully saturated rings. The van der Waals surface area contributed by atoms with Gasteiger partial charge in [0.1, 0.15) is 5.75 Å². The maximum atomic E-state index is 13.0. The van der Waals surface area contributed by atoms with Gasteiger partial charge in [-0.25, -0.2) is 8.42 Å². The fourth-order valence-electron chi connectivity index (χ4n) is 4.41. The number of amides is 2. The van der Waals surface area contributed by atoms with Gasteiger partial charge in [-0.2, -0.15) is 4.31 Å². The largest absolute Gasteiger partial charge is 0.497 e. The molecule has 2 aromatic carbocycles. The summed E-state index contributed by atoms with van der Waals surface area (Å²) in [5.41, 5.74) is 2.14. The molecule has 176 valence electrons. The molecule has 2 saturated heterocycles. The molecule has 2 heterocycles. The highest BCUT2D eigenvalue weighted by atomic mass is 32.2. The van der Waals surface area contributed by atoms with Crippen molar-refractivity contribution in [2.45, 2.75) is 37.2 Å². The predicted molar refractivity (Wildman–Crippen MR) is 123 cm³/mol. The number of methoxy groups -OCH3 is 1. The van der Waals surface area contributed by atoms with Crippen molar-refractivity contribution >= 4 is 21.8 Å². The first kappa shape index (κ1) is 23.3. The summed E-state index contributed by atoms with van der Waals surface area (Å²) in [5, 5.41) is 0. The Hall–Kier alpha value is -2.91. The quantitative estimate of drug-likeness (QED) is 0.602. The van der Waals surface area contributed by atoms with E-state index in [-0.39, 0.29) is 10.9 Å². The Balaban J connectivity index is 1.36. The van der Waals surface area contributed by atoms with Crippen LogP contribution in [0.3, 0.4) is 0 Å². The van der Waals surface area contributed by atoms with Crippen molar-refractivity contribution in [2.24, 2.45) is 0 Å². The van der Waals surface area contributed by atoms with Crippen LogP contribution in [-0.4, -0.2) is 73.7 Å². The van der Waals surface area contributed by atoms with E-state index in [1.165, 1.54) is 17.5 Å². The summed E-state index contributed by atoms with van der Waals surface area (Å²) in [4.78, 5) is 29.0. The number of hydrogen-bond donors (Lipinski definition) is 0. The Morgan fingerprint density at radius 1 is 0.939 bits per heavy atom. The molecule has 2 aliphatic rings. The van der Waals surface area contributed by atoms with Gasteiger partial charge in [0.25, 0.3) is 0 Å². The number of piperazine rings is 1. The molecule has 0 unspecified atom stereocenters. The molecule has 0 radical (unpaired) electrons. The van der Waals surface area contributed by atoms with Crippen molar-refractivity contribution in [1.29, 1.82) is 0 Å². The van der Waals surface area contributed by atoms with Crippen molar-refractivity contribution in [2.75, 3.05) is 33.3 Å². The molecular formula is C24H29N3O5S. The first-order valence-electron chi connectivity index (χ1n) is 11.1. The van der Waals surface area contributed by atoms with Crippen LogP contribution in [0.5, 0.6) is 5.75 Å².